The van der Waals surface area contributed by atoms with Crippen LogP contribution in [0.4, 0.5) is 20.2 Å². The summed E-state index contributed by atoms with van der Waals surface area (Å²) < 4.78 is 34.2. The molecule has 0 radical (unpaired) electrons. The van der Waals surface area contributed by atoms with Crippen molar-refractivity contribution in [2.24, 2.45) is 5.92 Å². The molecule has 2 aliphatic rings. The highest BCUT2D eigenvalue weighted by Crippen LogP contribution is 2.39. The topological polar surface area (TPSA) is 118 Å². The molecule has 5 rings (SSSR count). The van der Waals surface area contributed by atoms with Crippen molar-refractivity contribution < 1.29 is 28.2 Å². The molecule has 0 spiro atoms. The van der Waals surface area contributed by atoms with Crippen molar-refractivity contribution in [1.82, 2.24) is 9.88 Å². The van der Waals surface area contributed by atoms with Crippen LogP contribution < -0.4 is 11.1 Å². The maximum Gasteiger partial charge on any atom is 0.339 e. The standard InChI is InChI=1S/C31H31ClF2N4O4/c1-16-4-3-5-26(38-11-9-18(13-27(38)39)28-22(33)7-6-21(32)29(28)34)25-12-17(8-10-36-25)19-14-20(31(41)42-2)23(35)15-24(19)37-30(16)40/h6-8,10,12-16,26,30,37,40H,3-5,9,11,35H2,1-2H3/t16-,26+,30?/m1/s1. The summed E-state index contributed by atoms with van der Waals surface area (Å²) in [4.78, 5) is 32.2. The molecule has 220 valence electrons. The van der Waals surface area contributed by atoms with Gasteiger partial charge >= 0.3 is 5.97 Å². The zero-order chi connectivity index (χ0) is 30.1. The third kappa shape index (κ3) is 5.69. The first-order chi connectivity index (χ1) is 20.1. The van der Waals surface area contributed by atoms with Gasteiger partial charge in [-0.15, -0.1) is 0 Å². The zero-order valence-corrected chi connectivity index (χ0v) is 23.9. The number of hydrogen-bond donors (Lipinski definition) is 3. The second-order valence-corrected chi connectivity index (χ2v) is 11.0. The molecule has 2 bridgehead atoms. The summed E-state index contributed by atoms with van der Waals surface area (Å²) in [7, 11) is 1.27. The summed E-state index contributed by atoms with van der Waals surface area (Å²) in [5, 5.41) is 13.9. The Morgan fingerprint density at radius 2 is 2.00 bits per heavy atom. The minimum Gasteiger partial charge on any atom is -0.465 e. The number of nitrogens with zero attached hydrogens (tertiary/aromatic N) is 2. The van der Waals surface area contributed by atoms with E-state index in [1.165, 1.54) is 13.2 Å². The lowest BCUT2D eigenvalue weighted by Gasteiger charge is -2.35. The number of pyridine rings is 1. The molecule has 3 heterocycles. The average Bonchev–Trinajstić information content (AvgIpc) is 2.97. The minimum atomic E-state index is -0.907. The van der Waals surface area contributed by atoms with Gasteiger partial charge in [0.2, 0.25) is 5.91 Å². The molecule has 8 nitrogen and oxygen atoms in total. The van der Waals surface area contributed by atoms with Crippen molar-refractivity contribution in [1.29, 1.82) is 0 Å². The first-order valence-electron chi connectivity index (χ1n) is 13.7. The van der Waals surface area contributed by atoms with E-state index in [4.69, 9.17) is 22.1 Å². The maximum absolute atomic E-state index is 14.7. The number of benzene rings is 2. The van der Waals surface area contributed by atoms with Crippen molar-refractivity contribution in [3.63, 3.8) is 0 Å². The molecule has 2 aromatic carbocycles. The van der Waals surface area contributed by atoms with Gasteiger partial charge < -0.3 is 25.8 Å². The van der Waals surface area contributed by atoms with Gasteiger partial charge in [0, 0.05) is 41.7 Å². The van der Waals surface area contributed by atoms with Gasteiger partial charge in [-0.25, -0.2) is 13.6 Å². The Hall–Kier alpha value is -4.02. The number of anilines is 2. The van der Waals surface area contributed by atoms with Gasteiger partial charge in [0.15, 0.2) is 5.82 Å². The highest BCUT2D eigenvalue weighted by molar-refractivity contribution is 6.31. The van der Waals surface area contributed by atoms with Crippen LogP contribution in [0.1, 0.15) is 60.3 Å². The van der Waals surface area contributed by atoms with Gasteiger partial charge in [0.05, 0.1) is 35.0 Å². The Balaban J connectivity index is 1.57. The van der Waals surface area contributed by atoms with E-state index in [9.17, 15) is 23.5 Å². The van der Waals surface area contributed by atoms with Crippen LogP contribution in [-0.4, -0.2) is 46.7 Å². The van der Waals surface area contributed by atoms with E-state index >= 15 is 0 Å². The van der Waals surface area contributed by atoms with Crippen LogP contribution in [0, 0.1) is 17.6 Å². The fourth-order valence-electron chi connectivity index (χ4n) is 5.60. The molecule has 11 heteroatoms. The van der Waals surface area contributed by atoms with Gasteiger partial charge in [0.25, 0.3) is 0 Å². The third-order valence-corrected chi connectivity index (χ3v) is 8.24. The summed E-state index contributed by atoms with van der Waals surface area (Å²) >= 11 is 5.89. The zero-order valence-electron chi connectivity index (χ0n) is 23.2. The molecule has 0 aliphatic carbocycles. The monoisotopic (exact) mass is 596 g/mol. The second-order valence-electron chi connectivity index (χ2n) is 10.6. The molecule has 42 heavy (non-hydrogen) atoms. The number of halogens is 3. The van der Waals surface area contributed by atoms with E-state index in [1.54, 1.807) is 29.3 Å². The molecule has 3 aromatic rings. The van der Waals surface area contributed by atoms with E-state index in [2.05, 4.69) is 10.3 Å². The molecule has 0 saturated heterocycles. The lowest BCUT2D eigenvalue weighted by molar-refractivity contribution is -0.129. The van der Waals surface area contributed by atoms with E-state index in [0.717, 1.165) is 12.1 Å². The number of carbonyl (C=O) groups excluding carboxylic acids is 2. The van der Waals surface area contributed by atoms with Gasteiger partial charge in [-0.2, -0.15) is 0 Å². The Morgan fingerprint density at radius 3 is 2.74 bits per heavy atom. The van der Waals surface area contributed by atoms with Crippen molar-refractivity contribution >= 4 is 40.4 Å². The van der Waals surface area contributed by atoms with Crippen molar-refractivity contribution in [3.05, 3.63) is 82.1 Å². The second kappa shape index (κ2) is 12.1. The number of nitrogens with two attached hydrogens (primary N) is 1. The summed E-state index contributed by atoms with van der Waals surface area (Å²) in [6.07, 6.45) is 4.05. The number of amides is 1. The van der Waals surface area contributed by atoms with E-state index in [0.29, 0.717) is 41.8 Å². The minimum absolute atomic E-state index is 0.164. The first-order valence-corrected chi connectivity index (χ1v) is 14.0. The molecular weight excluding hydrogens is 566 g/mol. The number of methoxy groups -OCH3 is 1. The fourth-order valence-corrected chi connectivity index (χ4v) is 5.76. The molecule has 1 unspecified atom stereocenters. The third-order valence-electron chi connectivity index (χ3n) is 7.95. The Labute approximate surface area is 247 Å². The van der Waals surface area contributed by atoms with Gasteiger partial charge in [-0.3, -0.25) is 9.78 Å². The number of aliphatic hydroxyl groups excluding tert-OH is 1. The Morgan fingerprint density at radius 1 is 1.21 bits per heavy atom. The van der Waals surface area contributed by atoms with Gasteiger partial charge in [0.1, 0.15) is 12.0 Å². The van der Waals surface area contributed by atoms with E-state index < -0.39 is 35.8 Å². The largest absolute Gasteiger partial charge is 0.465 e. The molecule has 0 saturated carbocycles. The summed E-state index contributed by atoms with van der Waals surface area (Å²) in [5.41, 5.74) is 8.92. The molecular formula is C31H31ClF2N4O4. The van der Waals surface area contributed by atoms with Crippen LogP contribution in [0.5, 0.6) is 0 Å². The summed E-state index contributed by atoms with van der Waals surface area (Å²) in [6.45, 7) is 2.13. The normalized spacial score (nSPS) is 20.9. The van der Waals surface area contributed by atoms with Crippen LogP contribution in [-0.2, 0) is 9.53 Å². The number of nitrogen functional groups attached to an aromatic ring is 1. The quantitative estimate of drug-likeness (QED) is 0.194. The molecule has 2 aliphatic heterocycles. The van der Waals surface area contributed by atoms with E-state index in [1.807, 2.05) is 13.0 Å². The lowest BCUT2D eigenvalue weighted by atomic mass is 9.92. The molecule has 0 fully saturated rings. The molecule has 4 N–H and O–H groups in total. The van der Waals surface area contributed by atoms with Crippen LogP contribution in [0.15, 0.2) is 48.7 Å². The van der Waals surface area contributed by atoms with Crippen molar-refractivity contribution in [2.75, 3.05) is 24.7 Å². The number of rotatable bonds is 3. The summed E-state index contributed by atoms with van der Waals surface area (Å²) in [6, 6.07) is 8.58. The molecule has 3 atom stereocenters. The van der Waals surface area contributed by atoms with Crippen molar-refractivity contribution in [2.45, 2.75) is 44.9 Å². The highest BCUT2D eigenvalue weighted by Gasteiger charge is 2.31. The molecule has 1 aromatic heterocycles. The SMILES string of the molecule is COC(=O)c1cc2c(cc1N)NC(O)[C@H](C)CCC[C@H](N1CCC(c3c(F)ccc(Cl)c3F)=CC1=O)c1cc-2ccn1. The Bertz CT molecular complexity index is 1580. The number of fused-ring (bicyclic) bond motifs is 4. The van der Waals surface area contributed by atoms with Gasteiger partial charge in [-0.1, -0.05) is 24.9 Å². The van der Waals surface area contributed by atoms with E-state index in [-0.39, 0.29) is 46.3 Å². The molecule has 1 amide bonds. The Kier molecular flexibility index (Phi) is 8.47. The number of nitrogens with one attached hydrogen (secondary N) is 1. The predicted molar refractivity (Wildman–Crippen MR) is 156 cm³/mol. The fraction of sp³-hybridized carbons (Fsp3) is 0.323. The van der Waals surface area contributed by atoms with Crippen LogP contribution in [0.3, 0.4) is 0 Å². The lowest BCUT2D eigenvalue weighted by Crippen LogP contribution is -2.38. The van der Waals surface area contributed by atoms with Crippen molar-refractivity contribution in [3.8, 4) is 11.1 Å². The number of carbonyl (C=O) groups is 2. The number of aromatic nitrogens is 1. The average molecular weight is 597 g/mol. The summed E-state index contributed by atoms with van der Waals surface area (Å²) in [5.74, 6) is -2.83. The maximum atomic E-state index is 14.7. The number of aliphatic hydroxyl groups is 1. The van der Waals surface area contributed by atoms with Gasteiger partial charge in [-0.05, 0) is 66.8 Å². The number of esters is 1. The number of hydrogen-bond acceptors (Lipinski definition) is 7. The highest BCUT2D eigenvalue weighted by atomic mass is 35.5. The van der Waals surface area contributed by atoms with Crippen LogP contribution in [0.2, 0.25) is 5.02 Å². The predicted octanol–water partition coefficient (Wildman–Crippen LogP) is 5.96. The first kappa shape index (κ1) is 29.5. The van der Waals surface area contributed by atoms with Crippen LogP contribution >= 0.6 is 11.6 Å². The number of ether oxygens (including phenoxy) is 1. The smallest absolute Gasteiger partial charge is 0.339 e. The van der Waals surface area contributed by atoms with Crippen LogP contribution in [0.25, 0.3) is 16.7 Å².